The van der Waals surface area contributed by atoms with Crippen LogP contribution in [0, 0.1) is 0 Å². The maximum Gasteiger partial charge on any atom is 0.153 e. The van der Waals surface area contributed by atoms with E-state index in [1.54, 1.807) is 24.3 Å². The predicted octanol–water partition coefficient (Wildman–Crippen LogP) is 2.92. The van der Waals surface area contributed by atoms with E-state index < -0.39 is 0 Å². The lowest BCUT2D eigenvalue weighted by atomic mass is 10.0. The number of ether oxygens (including phenoxy) is 2. The maximum absolute atomic E-state index is 11.0. The summed E-state index contributed by atoms with van der Waals surface area (Å²) in [4.78, 5) is 22.1. The second kappa shape index (κ2) is 6.70. The van der Waals surface area contributed by atoms with E-state index in [1.165, 1.54) is 14.2 Å². The number of carbonyl (C=O) groups is 2. The topological polar surface area (TPSA) is 52.6 Å². The van der Waals surface area contributed by atoms with Gasteiger partial charge in [0.05, 0.1) is 25.3 Å². The minimum atomic E-state index is 0.513. The molecule has 4 nitrogen and oxygen atoms in total. The number of hydrogen-bond donors (Lipinski definition) is 0. The zero-order valence-corrected chi connectivity index (χ0v) is 12.0. The summed E-state index contributed by atoms with van der Waals surface area (Å²) in [5.41, 5.74) is 2.97. The summed E-state index contributed by atoms with van der Waals surface area (Å²) in [6.45, 7) is 0. The van der Waals surface area contributed by atoms with E-state index in [0.717, 1.165) is 23.7 Å². The van der Waals surface area contributed by atoms with E-state index in [1.807, 2.05) is 12.1 Å². The molecule has 0 unspecified atom stereocenters. The molecular formula is C17H16O4. The largest absolute Gasteiger partial charge is 0.496 e. The van der Waals surface area contributed by atoms with Crippen LogP contribution in [0.15, 0.2) is 36.4 Å². The molecular weight excluding hydrogens is 268 g/mol. The Hall–Kier alpha value is -2.62. The molecule has 0 radical (unpaired) electrons. The van der Waals surface area contributed by atoms with Crippen LogP contribution in [0.2, 0.25) is 0 Å². The summed E-state index contributed by atoms with van der Waals surface area (Å²) in [6, 6.07) is 10.9. The van der Waals surface area contributed by atoms with Crippen LogP contribution in [-0.2, 0) is 6.42 Å². The Morgan fingerprint density at radius 3 is 1.57 bits per heavy atom. The third kappa shape index (κ3) is 3.28. The molecule has 2 aromatic rings. The fourth-order valence-corrected chi connectivity index (χ4v) is 2.21. The molecule has 0 bridgehead atoms. The zero-order chi connectivity index (χ0) is 15.2. The van der Waals surface area contributed by atoms with Crippen molar-refractivity contribution in [2.24, 2.45) is 0 Å². The highest BCUT2D eigenvalue weighted by Crippen LogP contribution is 2.22. The molecule has 0 N–H and O–H groups in total. The minimum Gasteiger partial charge on any atom is -0.496 e. The zero-order valence-electron chi connectivity index (χ0n) is 12.0. The molecule has 0 aliphatic rings. The minimum absolute atomic E-state index is 0.513. The van der Waals surface area contributed by atoms with Gasteiger partial charge in [-0.15, -0.1) is 0 Å². The van der Waals surface area contributed by atoms with Crippen molar-refractivity contribution in [3.05, 3.63) is 58.7 Å². The van der Waals surface area contributed by atoms with Crippen LogP contribution in [0.5, 0.6) is 11.5 Å². The first-order valence-electron chi connectivity index (χ1n) is 6.46. The van der Waals surface area contributed by atoms with Crippen molar-refractivity contribution in [1.82, 2.24) is 0 Å². The summed E-state index contributed by atoms with van der Waals surface area (Å²) in [5, 5.41) is 0. The predicted molar refractivity (Wildman–Crippen MR) is 79.6 cm³/mol. The third-order valence-electron chi connectivity index (χ3n) is 3.25. The van der Waals surface area contributed by atoms with E-state index in [-0.39, 0.29) is 0 Å². The van der Waals surface area contributed by atoms with E-state index in [4.69, 9.17) is 9.47 Å². The average Bonchev–Trinajstić information content (AvgIpc) is 2.54. The van der Waals surface area contributed by atoms with Crippen molar-refractivity contribution < 1.29 is 19.1 Å². The summed E-state index contributed by atoms with van der Waals surface area (Å²) >= 11 is 0. The second-order valence-corrected chi connectivity index (χ2v) is 4.57. The van der Waals surface area contributed by atoms with Gasteiger partial charge in [-0.05, 0) is 41.8 Å². The quantitative estimate of drug-likeness (QED) is 0.765. The van der Waals surface area contributed by atoms with Gasteiger partial charge in [0.25, 0.3) is 0 Å². The van der Waals surface area contributed by atoms with Gasteiger partial charge in [-0.2, -0.15) is 0 Å². The fourth-order valence-electron chi connectivity index (χ4n) is 2.21. The first-order chi connectivity index (χ1) is 10.2. The van der Waals surface area contributed by atoms with Crippen LogP contribution in [-0.4, -0.2) is 26.8 Å². The molecule has 0 saturated carbocycles. The van der Waals surface area contributed by atoms with Crippen LogP contribution in [0.1, 0.15) is 31.8 Å². The molecule has 0 heterocycles. The van der Waals surface area contributed by atoms with Gasteiger partial charge >= 0.3 is 0 Å². The van der Waals surface area contributed by atoms with Gasteiger partial charge < -0.3 is 9.47 Å². The van der Waals surface area contributed by atoms with Crippen LogP contribution in [0.3, 0.4) is 0 Å². The molecule has 4 heteroatoms. The standard InChI is InChI=1S/C17H16O4/c1-20-16-5-3-12(8-14(16)10-18)7-13-4-6-17(21-2)15(9-13)11-19/h3-6,8-11H,7H2,1-2H3. The van der Waals surface area contributed by atoms with Gasteiger partial charge in [0, 0.05) is 0 Å². The number of aldehydes is 2. The lowest BCUT2D eigenvalue weighted by Gasteiger charge is -2.09. The van der Waals surface area contributed by atoms with Gasteiger partial charge in [0.1, 0.15) is 11.5 Å². The highest BCUT2D eigenvalue weighted by molar-refractivity contribution is 5.80. The van der Waals surface area contributed by atoms with Crippen molar-refractivity contribution in [3.8, 4) is 11.5 Å². The maximum atomic E-state index is 11.0. The van der Waals surface area contributed by atoms with E-state index in [9.17, 15) is 9.59 Å². The van der Waals surface area contributed by atoms with Gasteiger partial charge in [-0.25, -0.2) is 0 Å². The first kappa shape index (κ1) is 14.8. The fraction of sp³-hybridized carbons (Fsp3) is 0.176. The van der Waals surface area contributed by atoms with E-state index in [0.29, 0.717) is 29.0 Å². The van der Waals surface area contributed by atoms with Crippen molar-refractivity contribution in [1.29, 1.82) is 0 Å². The highest BCUT2D eigenvalue weighted by Gasteiger charge is 2.07. The van der Waals surface area contributed by atoms with Gasteiger partial charge in [-0.3, -0.25) is 9.59 Å². The normalized spacial score (nSPS) is 10.0. The molecule has 0 fully saturated rings. The smallest absolute Gasteiger partial charge is 0.153 e. The Morgan fingerprint density at radius 2 is 1.24 bits per heavy atom. The Labute approximate surface area is 123 Å². The summed E-state index contributed by atoms with van der Waals surface area (Å²) < 4.78 is 10.2. The lowest BCUT2D eigenvalue weighted by Crippen LogP contribution is -1.96. The van der Waals surface area contributed by atoms with Crippen LogP contribution >= 0.6 is 0 Å². The van der Waals surface area contributed by atoms with Crippen molar-refractivity contribution >= 4 is 12.6 Å². The van der Waals surface area contributed by atoms with Gasteiger partial charge in [-0.1, -0.05) is 12.1 Å². The molecule has 0 saturated heterocycles. The number of carbonyl (C=O) groups excluding carboxylic acids is 2. The van der Waals surface area contributed by atoms with E-state index >= 15 is 0 Å². The third-order valence-corrected chi connectivity index (χ3v) is 3.25. The number of rotatable bonds is 6. The van der Waals surface area contributed by atoms with Gasteiger partial charge in [0.15, 0.2) is 12.6 Å². The molecule has 0 aliphatic heterocycles. The molecule has 0 atom stereocenters. The summed E-state index contributed by atoms with van der Waals surface area (Å²) in [6.07, 6.45) is 2.16. The molecule has 21 heavy (non-hydrogen) atoms. The molecule has 2 rings (SSSR count). The molecule has 0 aromatic heterocycles. The van der Waals surface area contributed by atoms with Crippen LogP contribution in [0.25, 0.3) is 0 Å². The van der Waals surface area contributed by atoms with Gasteiger partial charge in [0.2, 0.25) is 0 Å². The molecule has 0 amide bonds. The average molecular weight is 284 g/mol. The number of hydrogen-bond acceptors (Lipinski definition) is 4. The van der Waals surface area contributed by atoms with Crippen molar-refractivity contribution in [2.75, 3.05) is 14.2 Å². The number of benzene rings is 2. The molecule has 0 aliphatic carbocycles. The van der Waals surface area contributed by atoms with Crippen LogP contribution in [0.4, 0.5) is 0 Å². The molecule has 108 valence electrons. The Bertz CT molecular complexity index is 604. The first-order valence-corrected chi connectivity index (χ1v) is 6.46. The summed E-state index contributed by atoms with van der Waals surface area (Å²) in [7, 11) is 3.06. The Balaban J connectivity index is 2.29. The van der Waals surface area contributed by atoms with E-state index in [2.05, 4.69) is 0 Å². The SMILES string of the molecule is COc1ccc(Cc2ccc(OC)c(C=O)c2)cc1C=O. The van der Waals surface area contributed by atoms with Crippen LogP contribution < -0.4 is 9.47 Å². The summed E-state index contributed by atoms with van der Waals surface area (Å²) in [5.74, 6) is 1.11. The highest BCUT2D eigenvalue weighted by atomic mass is 16.5. The molecule has 0 spiro atoms. The lowest BCUT2D eigenvalue weighted by molar-refractivity contribution is 0.111. The molecule has 2 aromatic carbocycles. The monoisotopic (exact) mass is 284 g/mol. The van der Waals surface area contributed by atoms with Crippen molar-refractivity contribution in [2.45, 2.75) is 6.42 Å². The second-order valence-electron chi connectivity index (χ2n) is 4.57. The Morgan fingerprint density at radius 1 is 0.810 bits per heavy atom. The Kier molecular flexibility index (Phi) is 4.72. The van der Waals surface area contributed by atoms with Crippen molar-refractivity contribution in [3.63, 3.8) is 0 Å². The number of methoxy groups -OCH3 is 2.